The molecule has 0 amide bonds. The first-order valence-corrected chi connectivity index (χ1v) is 10.7. The predicted octanol–water partition coefficient (Wildman–Crippen LogP) is 3.47. The number of benzene rings is 2. The van der Waals surface area contributed by atoms with Crippen molar-refractivity contribution in [3.63, 3.8) is 0 Å². The lowest BCUT2D eigenvalue weighted by molar-refractivity contribution is 0.0960. The Morgan fingerprint density at radius 3 is 2.62 bits per heavy atom. The molecule has 160 valence electrons. The second kappa shape index (κ2) is 7.42. The number of para-hydroxylation sites is 4. The molecule has 4 heterocycles. The molecule has 8 heteroatoms. The van der Waals surface area contributed by atoms with Crippen LogP contribution in [0.25, 0.3) is 38.9 Å². The van der Waals surface area contributed by atoms with E-state index in [1.54, 1.807) is 18.0 Å². The first-order chi connectivity index (χ1) is 15.7. The Morgan fingerprint density at radius 2 is 1.84 bits per heavy atom. The van der Waals surface area contributed by atoms with Crippen LogP contribution in [-0.2, 0) is 11.3 Å². The Labute approximate surface area is 183 Å². The number of aromatic nitrogens is 5. The summed E-state index contributed by atoms with van der Waals surface area (Å²) in [5, 5.41) is 0.449. The summed E-state index contributed by atoms with van der Waals surface area (Å²) in [6, 6.07) is 15.3. The molecule has 0 aliphatic carbocycles. The predicted molar refractivity (Wildman–Crippen MR) is 121 cm³/mol. The van der Waals surface area contributed by atoms with Gasteiger partial charge in [-0.1, -0.05) is 24.3 Å². The van der Waals surface area contributed by atoms with Crippen LogP contribution < -0.4 is 10.3 Å². The van der Waals surface area contributed by atoms with Gasteiger partial charge in [0.2, 0.25) is 0 Å². The summed E-state index contributed by atoms with van der Waals surface area (Å²) in [7, 11) is 1.62. The number of rotatable bonds is 4. The Morgan fingerprint density at radius 1 is 1.06 bits per heavy atom. The lowest BCUT2D eigenvalue weighted by atomic mass is 10.2. The SMILES string of the molecule is COc1ccccc1-n1c2nc3ccccc3nc2c2c(=O)n(C[C@H]3CCCO3)cnc21. The third kappa shape index (κ3) is 2.87. The minimum atomic E-state index is -0.145. The highest BCUT2D eigenvalue weighted by atomic mass is 16.5. The first-order valence-electron chi connectivity index (χ1n) is 10.7. The summed E-state index contributed by atoms with van der Waals surface area (Å²) < 4.78 is 14.8. The van der Waals surface area contributed by atoms with Crippen LogP contribution in [0.2, 0.25) is 0 Å². The third-order valence-electron chi connectivity index (χ3n) is 5.98. The summed E-state index contributed by atoms with van der Waals surface area (Å²) in [5.74, 6) is 0.659. The largest absolute Gasteiger partial charge is 0.495 e. The van der Waals surface area contributed by atoms with Crippen LogP contribution in [-0.4, -0.2) is 43.9 Å². The van der Waals surface area contributed by atoms with Gasteiger partial charge in [0.1, 0.15) is 23.0 Å². The molecule has 0 spiro atoms. The Kier molecular flexibility index (Phi) is 4.39. The number of hydrogen-bond donors (Lipinski definition) is 0. The molecule has 5 aromatic rings. The fourth-order valence-corrected chi connectivity index (χ4v) is 4.45. The minimum Gasteiger partial charge on any atom is -0.495 e. The average molecular weight is 427 g/mol. The molecular weight excluding hydrogens is 406 g/mol. The van der Waals surface area contributed by atoms with E-state index >= 15 is 0 Å². The van der Waals surface area contributed by atoms with Crippen molar-refractivity contribution in [2.75, 3.05) is 13.7 Å². The van der Waals surface area contributed by atoms with Gasteiger partial charge in [0, 0.05) is 6.61 Å². The maximum atomic E-state index is 13.6. The van der Waals surface area contributed by atoms with Crippen LogP contribution >= 0.6 is 0 Å². The molecule has 1 aliphatic rings. The molecule has 3 aromatic heterocycles. The Balaban J connectivity index is 1.70. The summed E-state index contributed by atoms with van der Waals surface area (Å²) in [6.07, 6.45) is 3.58. The van der Waals surface area contributed by atoms with Gasteiger partial charge >= 0.3 is 0 Å². The second-order valence-electron chi connectivity index (χ2n) is 7.93. The van der Waals surface area contributed by atoms with Crippen LogP contribution in [0.4, 0.5) is 0 Å². The monoisotopic (exact) mass is 427 g/mol. The molecule has 2 aromatic carbocycles. The summed E-state index contributed by atoms with van der Waals surface area (Å²) in [5.41, 5.74) is 3.70. The quantitative estimate of drug-likeness (QED) is 0.437. The van der Waals surface area contributed by atoms with Crippen molar-refractivity contribution >= 4 is 33.2 Å². The fraction of sp³-hybridized carbons (Fsp3) is 0.250. The zero-order valence-corrected chi connectivity index (χ0v) is 17.6. The van der Waals surface area contributed by atoms with Crippen LogP contribution in [0.3, 0.4) is 0 Å². The van der Waals surface area contributed by atoms with E-state index < -0.39 is 0 Å². The Bertz CT molecular complexity index is 1530. The molecule has 0 unspecified atom stereocenters. The smallest absolute Gasteiger partial charge is 0.265 e. The number of hydrogen-bond acceptors (Lipinski definition) is 6. The van der Waals surface area contributed by atoms with E-state index in [2.05, 4.69) is 0 Å². The molecule has 1 saturated heterocycles. The highest BCUT2D eigenvalue weighted by molar-refractivity contribution is 6.06. The molecule has 1 atom stereocenters. The standard InChI is InChI=1S/C24H21N5O3/c1-31-19-11-5-4-10-18(19)29-22-20(21-23(29)27-17-9-3-2-8-16(17)26-21)24(30)28(14-25-22)13-15-7-6-12-32-15/h2-5,8-11,14-15H,6-7,12-13H2,1H3/t15-/m1/s1. The van der Waals surface area contributed by atoms with E-state index in [9.17, 15) is 4.79 Å². The van der Waals surface area contributed by atoms with Crippen LogP contribution in [0.15, 0.2) is 59.7 Å². The average Bonchev–Trinajstić information content (AvgIpc) is 3.45. The van der Waals surface area contributed by atoms with Gasteiger partial charge in [-0.3, -0.25) is 13.9 Å². The van der Waals surface area contributed by atoms with Crippen molar-refractivity contribution in [2.24, 2.45) is 0 Å². The summed E-state index contributed by atoms with van der Waals surface area (Å²) >= 11 is 0. The maximum Gasteiger partial charge on any atom is 0.265 e. The van der Waals surface area contributed by atoms with Gasteiger partial charge in [-0.05, 0) is 37.1 Å². The van der Waals surface area contributed by atoms with Crippen molar-refractivity contribution in [1.29, 1.82) is 0 Å². The van der Waals surface area contributed by atoms with E-state index in [0.717, 1.165) is 36.2 Å². The number of fused-ring (bicyclic) bond motifs is 4. The zero-order valence-electron chi connectivity index (χ0n) is 17.6. The van der Waals surface area contributed by atoms with Gasteiger partial charge in [-0.15, -0.1) is 0 Å². The van der Waals surface area contributed by atoms with Crippen molar-refractivity contribution < 1.29 is 9.47 Å². The number of nitrogens with zero attached hydrogens (tertiary/aromatic N) is 5. The number of ether oxygens (including phenoxy) is 2. The lowest BCUT2D eigenvalue weighted by Crippen LogP contribution is -2.26. The topological polar surface area (TPSA) is 84.1 Å². The van der Waals surface area contributed by atoms with Gasteiger partial charge in [-0.2, -0.15) is 0 Å². The summed E-state index contributed by atoms with van der Waals surface area (Å²) in [4.78, 5) is 28.0. The van der Waals surface area contributed by atoms with Crippen LogP contribution in [0, 0.1) is 0 Å². The molecule has 0 bridgehead atoms. The van der Waals surface area contributed by atoms with E-state index in [-0.39, 0.29) is 11.7 Å². The molecule has 0 N–H and O–H groups in total. The highest BCUT2D eigenvalue weighted by Crippen LogP contribution is 2.32. The van der Waals surface area contributed by atoms with E-state index in [0.29, 0.717) is 34.5 Å². The van der Waals surface area contributed by atoms with Gasteiger partial charge in [0.15, 0.2) is 11.3 Å². The number of methoxy groups -OCH3 is 1. The van der Waals surface area contributed by atoms with Crippen LogP contribution in [0.5, 0.6) is 5.75 Å². The molecule has 32 heavy (non-hydrogen) atoms. The Hall–Kier alpha value is -3.78. The highest BCUT2D eigenvalue weighted by Gasteiger charge is 2.24. The molecule has 1 aliphatic heterocycles. The van der Waals surface area contributed by atoms with Crippen molar-refractivity contribution in [1.82, 2.24) is 24.1 Å². The minimum absolute atomic E-state index is 0.0291. The van der Waals surface area contributed by atoms with Crippen molar-refractivity contribution in [3.8, 4) is 11.4 Å². The van der Waals surface area contributed by atoms with E-state index in [1.807, 2.05) is 53.1 Å². The van der Waals surface area contributed by atoms with Gasteiger partial charge in [0.25, 0.3) is 5.56 Å². The first kappa shape index (κ1) is 18.9. The van der Waals surface area contributed by atoms with Crippen LogP contribution in [0.1, 0.15) is 12.8 Å². The molecule has 0 radical (unpaired) electrons. The van der Waals surface area contributed by atoms with Crippen molar-refractivity contribution in [2.45, 2.75) is 25.5 Å². The molecule has 6 rings (SSSR count). The van der Waals surface area contributed by atoms with Crippen molar-refractivity contribution in [3.05, 3.63) is 65.2 Å². The zero-order chi connectivity index (χ0) is 21.7. The van der Waals surface area contributed by atoms with Gasteiger partial charge < -0.3 is 9.47 Å². The molecule has 0 saturated carbocycles. The normalized spacial score (nSPS) is 16.3. The lowest BCUT2D eigenvalue weighted by Gasteiger charge is -2.12. The fourth-order valence-electron chi connectivity index (χ4n) is 4.45. The summed E-state index contributed by atoms with van der Waals surface area (Å²) in [6.45, 7) is 1.21. The molecule has 1 fully saturated rings. The third-order valence-corrected chi connectivity index (χ3v) is 5.98. The molecule has 8 nitrogen and oxygen atoms in total. The van der Waals surface area contributed by atoms with Gasteiger partial charge in [-0.25, -0.2) is 15.0 Å². The maximum absolute atomic E-state index is 13.6. The molecular formula is C24H21N5O3. The van der Waals surface area contributed by atoms with E-state index in [1.165, 1.54) is 0 Å². The second-order valence-corrected chi connectivity index (χ2v) is 7.93. The van der Waals surface area contributed by atoms with E-state index in [4.69, 9.17) is 24.4 Å². The van der Waals surface area contributed by atoms with Gasteiger partial charge in [0.05, 0.1) is 36.5 Å².